The van der Waals surface area contributed by atoms with Gasteiger partial charge in [-0.05, 0) is 13.8 Å². The summed E-state index contributed by atoms with van der Waals surface area (Å²) in [6, 6.07) is 10.2. The number of hydrogen-bond acceptors (Lipinski definition) is 4. The number of amides is 1. The van der Waals surface area contributed by atoms with E-state index in [1.54, 1.807) is 0 Å². The minimum atomic E-state index is 0.130. The number of thiazole rings is 1. The molecule has 3 heterocycles. The first kappa shape index (κ1) is 15.4. The largest absolute Gasteiger partial charge is 0.335 e. The monoisotopic (exact) mass is 340 g/mol. The molecule has 0 saturated carbocycles. The summed E-state index contributed by atoms with van der Waals surface area (Å²) in [5.41, 5.74) is 4.18. The van der Waals surface area contributed by atoms with Crippen LogP contribution in [0.2, 0.25) is 0 Å². The Kier molecular flexibility index (Phi) is 3.86. The lowest BCUT2D eigenvalue weighted by atomic mass is 10.1. The van der Waals surface area contributed by atoms with Crippen LogP contribution in [-0.4, -0.2) is 46.4 Å². The van der Waals surface area contributed by atoms with Crippen molar-refractivity contribution in [3.63, 3.8) is 0 Å². The molecule has 1 aromatic carbocycles. The van der Waals surface area contributed by atoms with E-state index in [4.69, 9.17) is 4.98 Å². The van der Waals surface area contributed by atoms with E-state index >= 15 is 0 Å². The first-order valence-electron chi connectivity index (χ1n) is 8.20. The van der Waals surface area contributed by atoms with Gasteiger partial charge in [-0.2, -0.15) is 0 Å². The van der Waals surface area contributed by atoms with Gasteiger partial charge in [0.25, 0.3) is 5.91 Å². The molecule has 6 heteroatoms. The molecule has 5 nitrogen and oxygen atoms in total. The summed E-state index contributed by atoms with van der Waals surface area (Å²) in [6.07, 6.45) is 0. The second kappa shape index (κ2) is 6.03. The molecule has 0 atom stereocenters. The smallest absolute Gasteiger partial charge is 0.265 e. The van der Waals surface area contributed by atoms with Crippen molar-refractivity contribution in [3.05, 3.63) is 46.6 Å². The van der Waals surface area contributed by atoms with Crippen molar-refractivity contribution in [2.45, 2.75) is 13.8 Å². The Morgan fingerprint density at radius 2 is 1.83 bits per heavy atom. The number of aromatic nitrogens is 2. The van der Waals surface area contributed by atoms with Crippen LogP contribution in [0.5, 0.6) is 0 Å². The fourth-order valence-corrected chi connectivity index (χ4v) is 4.43. The van der Waals surface area contributed by atoms with Gasteiger partial charge in [0.2, 0.25) is 0 Å². The molecular formula is C18H20N4OS. The van der Waals surface area contributed by atoms with Crippen molar-refractivity contribution in [2.75, 3.05) is 26.2 Å². The van der Waals surface area contributed by atoms with Crippen LogP contribution in [0.3, 0.4) is 0 Å². The maximum atomic E-state index is 12.8. The average Bonchev–Trinajstić information content (AvgIpc) is 3.13. The van der Waals surface area contributed by atoms with Crippen LogP contribution >= 0.6 is 11.3 Å². The highest BCUT2D eigenvalue weighted by atomic mass is 32.1. The third kappa shape index (κ3) is 2.42. The molecule has 2 aromatic heterocycles. The van der Waals surface area contributed by atoms with Crippen LogP contribution in [-0.2, 0) is 0 Å². The number of fused-ring (bicyclic) bond motifs is 1. The molecule has 1 saturated heterocycles. The van der Waals surface area contributed by atoms with Crippen LogP contribution in [0.15, 0.2) is 30.3 Å². The van der Waals surface area contributed by atoms with Gasteiger partial charge in [0.05, 0.1) is 5.69 Å². The molecule has 1 fully saturated rings. The average molecular weight is 340 g/mol. The number of carbonyl (C=O) groups excluding carboxylic acids is 1. The van der Waals surface area contributed by atoms with Crippen molar-refractivity contribution < 1.29 is 4.79 Å². The molecule has 24 heavy (non-hydrogen) atoms. The summed E-state index contributed by atoms with van der Waals surface area (Å²) in [7, 11) is 0. The highest BCUT2D eigenvalue weighted by Gasteiger charge is 2.25. The van der Waals surface area contributed by atoms with E-state index < -0.39 is 0 Å². The molecule has 1 N–H and O–H groups in total. The molecule has 0 aliphatic carbocycles. The van der Waals surface area contributed by atoms with Crippen LogP contribution in [0.25, 0.3) is 16.2 Å². The molecule has 1 aliphatic heterocycles. The van der Waals surface area contributed by atoms with E-state index in [0.29, 0.717) is 0 Å². The Labute approximate surface area is 144 Å². The summed E-state index contributed by atoms with van der Waals surface area (Å²) in [5.74, 6) is 0.130. The zero-order valence-corrected chi connectivity index (χ0v) is 14.7. The minimum absolute atomic E-state index is 0.130. The maximum absolute atomic E-state index is 12.8. The van der Waals surface area contributed by atoms with Gasteiger partial charge in [0.1, 0.15) is 4.88 Å². The Hall–Kier alpha value is -2.18. The fourth-order valence-electron chi connectivity index (χ4n) is 3.29. The van der Waals surface area contributed by atoms with Crippen LogP contribution in [0.4, 0.5) is 0 Å². The Bertz CT molecular complexity index is 891. The molecule has 0 unspecified atom stereocenters. The first-order chi connectivity index (χ1) is 11.7. The number of piperazine rings is 1. The summed E-state index contributed by atoms with van der Waals surface area (Å²) in [5, 5.41) is 3.28. The van der Waals surface area contributed by atoms with Gasteiger partial charge < -0.3 is 10.2 Å². The second-order valence-corrected chi connectivity index (χ2v) is 7.07. The van der Waals surface area contributed by atoms with Crippen molar-refractivity contribution >= 4 is 22.2 Å². The minimum Gasteiger partial charge on any atom is -0.335 e. The Morgan fingerprint density at radius 1 is 1.12 bits per heavy atom. The zero-order chi connectivity index (χ0) is 16.7. The summed E-state index contributed by atoms with van der Waals surface area (Å²) < 4.78 is 2.11. The SMILES string of the molecule is Cc1c(-c2ccccc2)nc2sc(C(=O)N3CCNCC3)c(C)n12. The van der Waals surface area contributed by atoms with Gasteiger partial charge in [-0.1, -0.05) is 41.7 Å². The molecule has 1 aliphatic rings. The molecule has 0 radical (unpaired) electrons. The van der Waals surface area contributed by atoms with Crippen LogP contribution in [0.1, 0.15) is 21.1 Å². The van der Waals surface area contributed by atoms with Gasteiger partial charge in [-0.25, -0.2) is 4.98 Å². The summed E-state index contributed by atoms with van der Waals surface area (Å²) in [4.78, 5) is 21.2. The number of benzene rings is 1. The normalized spacial score (nSPS) is 15.2. The van der Waals surface area contributed by atoms with Gasteiger partial charge in [0, 0.05) is 43.1 Å². The molecule has 3 aromatic rings. The third-order valence-electron chi connectivity index (χ3n) is 4.58. The van der Waals surface area contributed by atoms with Gasteiger partial charge in [0.15, 0.2) is 4.96 Å². The summed E-state index contributed by atoms with van der Waals surface area (Å²) in [6.45, 7) is 7.36. The molecule has 4 rings (SSSR count). The van der Waals surface area contributed by atoms with Gasteiger partial charge in [-0.3, -0.25) is 9.20 Å². The van der Waals surface area contributed by atoms with Crippen LogP contribution < -0.4 is 5.32 Å². The topological polar surface area (TPSA) is 49.6 Å². The van der Waals surface area contributed by atoms with E-state index in [1.165, 1.54) is 11.3 Å². The van der Waals surface area contributed by atoms with E-state index in [9.17, 15) is 4.79 Å². The fraction of sp³-hybridized carbons (Fsp3) is 0.333. The third-order valence-corrected chi connectivity index (χ3v) is 5.71. The van der Waals surface area contributed by atoms with E-state index in [-0.39, 0.29) is 5.91 Å². The van der Waals surface area contributed by atoms with Crippen molar-refractivity contribution in [1.82, 2.24) is 19.6 Å². The van der Waals surface area contributed by atoms with Gasteiger partial charge in [-0.15, -0.1) is 0 Å². The standard InChI is InChI=1S/C18H20N4OS/c1-12-15(14-6-4-3-5-7-14)20-18-22(12)13(2)16(24-18)17(23)21-10-8-19-9-11-21/h3-7,19H,8-11H2,1-2H3. The quantitative estimate of drug-likeness (QED) is 0.780. The first-order valence-corrected chi connectivity index (χ1v) is 9.02. The number of imidazole rings is 1. The number of hydrogen-bond donors (Lipinski definition) is 1. The van der Waals surface area contributed by atoms with E-state index in [0.717, 1.165) is 58.7 Å². The van der Waals surface area contributed by atoms with Crippen LogP contribution in [0, 0.1) is 13.8 Å². The lowest BCUT2D eigenvalue weighted by molar-refractivity contribution is 0.0739. The Morgan fingerprint density at radius 3 is 2.50 bits per heavy atom. The maximum Gasteiger partial charge on any atom is 0.265 e. The van der Waals surface area contributed by atoms with Crippen molar-refractivity contribution in [1.29, 1.82) is 0 Å². The number of nitrogens with one attached hydrogen (secondary N) is 1. The Balaban J connectivity index is 1.75. The number of aryl methyl sites for hydroxylation is 2. The van der Waals surface area contributed by atoms with Crippen molar-refractivity contribution in [2.24, 2.45) is 0 Å². The predicted octanol–water partition coefficient (Wildman–Crippen LogP) is 2.73. The van der Waals surface area contributed by atoms with E-state index in [1.807, 2.05) is 30.0 Å². The summed E-state index contributed by atoms with van der Waals surface area (Å²) >= 11 is 1.50. The number of rotatable bonds is 2. The highest BCUT2D eigenvalue weighted by Crippen LogP contribution is 2.31. The highest BCUT2D eigenvalue weighted by molar-refractivity contribution is 7.19. The molecule has 0 spiro atoms. The second-order valence-electron chi connectivity index (χ2n) is 6.09. The lowest BCUT2D eigenvalue weighted by Crippen LogP contribution is -2.46. The van der Waals surface area contributed by atoms with Crippen molar-refractivity contribution in [3.8, 4) is 11.3 Å². The number of carbonyl (C=O) groups is 1. The lowest BCUT2D eigenvalue weighted by Gasteiger charge is -2.27. The number of nitrogens with zero attached hydrogens (tertiary/aromatic N) is 3. The molecular weight excluding hydrogens is 320 g/mol. The van der Waals surface area contributed by atoms with E-state index in [2.05, 4.69) is 28.8 Å². The predicted molar refractivity (Wildman–Crippen MR) is 96.8 cm³/mol. The molecule has 124 valence electrons. The molecule has 0 bridgehead atoms. The van der Waals surface area contributed by atoms with Gasteiger partial charge >= 0.3 is 0 Å². The molecule has 1 amide bonds. The zero-order valence-electron chi connectivity index (χ0n) is 13.9.